The summed E-state index contributed by atoms with van der Waals surface area (Å²) in [7, 11) is 3.02. The van der Waals surface area contributed by atoms with Crippen molar-refractivity contribution in [1.82, 2.24) is 14.5 Å². The highest BCUT2D eigenvalue weighted by Gasteiger charge is 2.31. The summed E-state index contributed by atoms with van der Waals surface area (Å²) in [6.45, 7) is 6.95. The molecular formula is C20H25N3O4. The molecule has 0 N–H and O–H groups in total. The first kappa shape index (κ1) is 20.4. The lowest BCUT2D eigenvalue weighted by Gasteiger charge is -2.27. The number of amides is 1. The smallest absolute Gasteiger partial charge is 0.354 e. The van der Waals surface area contributed by atoms with E-state index in [1.54, 1.807) is 44.8 Å². The summed E-state index contributed by atoms with van der Waals surface area (Å²) in [6.07, 6.45) is 3.29. The van der Waals surface area contributed by atoms with Crippen molar-refractivity contribution < 1.29 is 19.1 Å². The van der Waals surface area contributed by atoms with Gasteiger partial charge in [-0.3, -0.25) is 14.6 Å². The molecule has 0 spiro atoms. The maximum atomic E-state index is 13.2. The number of ketones is 1. The quantitative estimate of drug-likeness (QED) is 0.575. The summed E-state index contributed by atoms with van der Waals surface area (Å²) in [5.41, 5.74) is 2.90. The topological polar surface area (TPSA) is 81.5 Å². The van der Waals surface area contributed by atoms with E-state index in [9.17, 15) is 14.4 Å². The predicted octanol–water partition coefficient (Wildman–Crippen LogP) is 2.44. The fourth-order valence-electron chi connectivity index (χ4n) is 3.28. The van der Waals surface area contributed by atoms with E-state index in [0.717, 1.165) is 5.56 Å². The minimum atomic E-state index is -0.680. The molecule has 0 radical (unpaired) electrons. The van der Waals surface area contributed by atoms with Crippen LogP contribution in [-0.2, 0) is 23.1 Å². The number of hydrogen-bond acceptors (Lipinski definition) is 5. The summed E-state index contributed by atoms with van der Waals surface area (Å²) in [5, 5.41) is 0. The predicted molar refractivity (Wildman–Crippen MR) is 100 cm³/mol. The number of hydrogen-bond donors (Lipinski definition) is 0. The second-order valence-electron chi connectivity index (χ2n) is 6.53. The standard InChI is InChI=1S/C20H25N3O4/c1-12-17(13(2)22(5)18(12)20(26)27-6)19(25)14(3)23(15(4)24)11-16-7-9-21-10-8-16/h7-10,14H,11H2,1-6H3. The van der Waals surface area contributed by atoms with E-state index in [1.807, 2.05) is 12.1 Å². The van der Waals surface area contributed by atoms with Crippen molar-refractivity contribution in [1.29, 1.82) is 0 Å². The van der Waals surface area contributed by atoms with Crippen LogP contribution in [0, 0.1) is 13.8 Å². The molecule has 0 bridgehead atoms. The number of methoxy groups -OCH3 is 1. The lowest BCUT2D eigenvalue weighted by Crippen LogP contribution is -2.42. The number of pyridine rings is 1. The first-order valence-electron chi connectivity index (χ1n) is 8.65. The number of ether oxygens (including phenoxy) is 1. The van der Waals surface area contributed by atoms with Crippen LogP contribution in [0.5, 0.6) is 0 Å². The van der Waals surface area contributed by atoms with Gasteiger partial charge < -0.3 is 14.2 Å². The average Bonchev–Trinajstić information content (AvgIpc) is 2.87. The van der Waals surface area contributed by atoms with Gasteiger partial charge in [-0.15, -0.1) is 0 Å². The molecule has 144 valence electrons. The Morgan fingerprint density at radius 2 is 1.81 bits per heavy atom. The third-order valence-corrected chi connectivity index (χ3v) is 4.91. The van der Waals surface area contributed by atoms with Crippen LogP contribution in [0.25, 0.3) is 0 Å². The van der Waals surface area contributed by atoms with E-state index in [-0.39, 0.29) is 11.7 Å². The molecule has 0 fully saturated rings. The highest BCUT2D eigenvalue weighted by molar-refractivity contribution is 6.06. The highest BCUT2D eigenvalue weighted by atomic mass is 16.5. The van der Waals surface area contributed by atoms with Crippen LogP contribution in [-0.4, -0.2) is 45.3 Å². The SMILES string of the molecule is COC(=O)c1c(C)c(C(=O)C(C)N(Cc2ccncc2)C(C)=O)c(C)n1C. The van der Waals surface area contributed by atoms with Crippen molar-refractivity contribution in [3.05, 3.63) is 52.6 Å². The van der Waals surface area contributed by atoms with E-state index in [4.69, 9.17) is 4.74 Å². The minimum Gasteiger partial charge on any atom is -0.464 e. The number of Topliss-reactive ketones (excluding diaryl/α,β-unsaturated/α-hetero) is 1. The van der Waals surface area contributed by atoms with Crippen molar-refractivity contribution in [2.24, 2.45) is 7.05 Å². The molecule has 2 heterocycles. The van der Waals surface area contributed by atoms with Crippen molar-refractivity contribution in [3.8, 4) is 0 Å². The molecular weight excluding hydrogens is 346 g/mol. The molecule has 2 aromatic heterocycles. The Kier molecular flexibility index (Phi) is 6.15. The number of aromatic nitrogens is 2. The van der Waals surface area contributed by atoms with Gasteiger partial charge in [-0.1, -0.05) is 0 Å². The van der Waals surface area contributed by atoms with Crippen molar-refractivity contribution in [3.63, 3.8) is 0 Å². The third kappa shape index (κ3) is 3.92. The Hall–Kier alpha value is -2.96. The van der Waals surface area contributed by atoms with Crippen LogP contribution in [0.15, 0.2) is 24.5 Å². The zero-order valence-corrected chi connectivity index (χ0v) is 16.6. The highest BCUT2D eigenvalue weighted by Crippen LogP contribution is 2.25. The number of carbonyl (C=O) groups excluding carboxylic acids is 3. The maximum Gasteiger partial charge on any atom is 0.354 e. The second kappa shape index (κ2) is 8.16. The Morgan fingerprint density at radius 1 is 1.22 bits per heavy atom. The van der Waals surface area contributed by atoms with E-state index in [2.05, 4.69) is 4.98 Å². The van der Waals surface area contributed by atoms with Gasteiger partial charge in [0.2, 0.25) is 5.91 Å². The minimum absolute atomic E-state index is 0.202. The zero-order valence-electron chi connectivity index (χ0n) is 16.6. The summed E-state index contributed by atoms with van der Waals surface area (Å²) in [6, 6.07) is 2.93. The monoisotopic (exact) mass is 371 g/mol. The Morgan fingerprint density at radius 3 is 2.33 bits per heavy atom. The molecule has 0 saturated carbocycles. The third-order valence-electron chi connectivity index (χ3n) is 4.91. The zero-order chi connectivity index (χ0) is 20.3. The molecule has 0 aliphatic heterocycles. The average molecular weight is 371 g/mol. The van der Waals surface area contributed by atoms with Gasteiger partial charge >= 0.3 is 5.97 Å². The van der Waals surface area contributed by atoms with Gasteiger partial charge in [0, 0.05) is 44.2 Å². The van der Waals surface area contributed by atoms with Crippen LogP contribution in [0.3, 0.4) is 0 Å². The molecule has 0 saturated heterocycles. The second-order valence-corrected chi connectivity index (χ2v) is 6.53. The fourth-order valence-corrected chi connectivity index (χ4v) is 3.28. The van der Waals surface area contributed by atoms with Crippen LogP contribution < -0.4 is 0 Å². The first-order valence-corrected chi connectivity index (χ1v) is 8.65. The molecule has 7 nitrogen and oxygen atoms in total. The van der Waals surface area contributed by atoms with Crippen LogP contribution in [0.1, 0.15) is 51.5 Å². The Bertz CT molecular complexity index is 871. The van der Waals surface area contributed by atoms with E-state index in [1.165, 1.54) is 18.9 Å². The number of nitrogens with zero attached hydrogens (tertiary/aromatic N) is 3. The Labute approximate surface area is 158 Å². The number of esters is 1. The molecule has 2 rings (SSSR count). The molecule has 27 heavy (non-hydrogen) atoms. The Balaban J connectivity index is 2.40. The summed E-state index contributed by atoms with van der Waals surface area (Å²) < 4.78 is 6.48. The molecule has 0 aromatic carbocycles. The maximum absolute atomic E-state index is 13.2. The fraction of sp³-hybridized carbons (Fsp3) is 0.400. The van der Waals surface area contributed by atoms with E-state index >= 15 is 0 Å². The molecule has 0 aliphatic rings. The lowest BCUT2D eigenvalue weighted by molar-refractivity contribution is -0.130. The first-order chi connectivity index (χ1) is 12.7. The summed E-state index contributed by atoms with van der Waals surface area (Å²) >= 11 is 0. The molecule has 0 aliphatic carbocycles. The van der Waals surface area contributed by atoms with Crippen molar-refractivity contribution in [2.75, 3.05) is 7.11 Å². The van der Waals surface area contributed by atoms with Gasteiger partial charge in [0.05, 0.1) is 13.2 Å². The number of rotatable bonds is 6. The van der Waals surface area contributed by atoms with Gasteiger partial charge in [-0.05, 0) is 44.0 Å². The van der Waals surface area contributed by atoms with E-state index in [0.29, 0.717) is 29.1 Å². The van der Waals surface area contributed by atoms with Gasteiger partial charge in [0.25, 0.3) is 0 Å². The normalized spacial score (nSPS) is 11.8. The molecule has 1 atom stereocenters. The van der Waals surface area contributed by atoms with Gasteiger partial charge in [0.15, 0.2) is 5.78 Å². The van der Waals surface area contributed by atoms with Crippen LogP contribution in [0.2, 0.25) is 0 Å². The van der Waals surface area contributed by atoms with Gasteiger partial charge in [-0.2, -0.15) is 0 Å². The van der Waals surface area contributed by atoms with Crippen LogP contribution in [0.4, 0.5) is 0 Å². The van der Waals surface area contributed by atoms with Gasteiger partial charge in [-0.25, -0.2) is 4.79 Å². The van der Waals surface area contributed by atoms with E-state index < -0.39 is 12.0 Å². The van der Waals surface area contributed by atoms with Crippen molar-refractivity contribution >= 4 is 17.7 Å². The number of carbonyl (C=O) groups is 3. The molecule has 1 unspecified atom stereocenters. The molecule has 7 heteroatoms. The molecule has 2 aromatic rings. The van der Waals surface area contributed by atoms with Crippen LogP contribution >= 0.6 is 0 Å². The lowest BCUT2D eigenvalue weighted by atomic mass is 9.99. The van der Waals surface area contributed by atoms with Gasteiger partial charge in [0.1, 0.15) is 5.69 Å². The summed E-state index contributed by atoms with van der Waals surface area (Å²) in [4.78, 5) is 43.0. The molecule has 1 amide bonds. The van der Waals surface area contributed by atoms with Crippen molar-refractivity contribution in [2.45, 2.75) is 40.3 Å². The summed E-state index contributed by atoms with van der Waals surface area (Å²) in [5.74, 6) is -0.905. The largest absolute Gasteiger partial charge is 0.464 e.